The number of carboxylic acid groups (broad SMARTS) is 1. The van der Waals surface area contributed by atoms with Gasteiger partial charge in [0.1, 0.15) is 0 Å². The van der Waals surface area contributed by atoms with Crippen LogP contribution in [0.5, 0.6) is 0 Å². The number of aliphatic carboxylic acids is 1. The van der Waals surface area contributed by atoms with Gasteiger partial charge in [-0.15, -0.1) is 0 Å². The van der Waals surface area contributed by atoms with Crippen molar-refractivity contribution in [2.75, 3.05) is 19.6 Å². The average molecular weight is 228 g/mol. The van der Waals surface area contributed by atoms with Gasteiger partial charge in [-0.25, -0.2) is 0 Å². The topological polar surface area (TPSA) is 69.6 Å². The molecule has 0 spiro atoms. The molecule has 0 unspecified atom stereocenters. The van der Waals surface area contributed by atoms with Crippen molar-refractivity contribution in [3.05, 3.63) is 0 Å². The number of hydrogen-bond acceptors (Lipinski definition) is 3. The number of amides is 1. The van der Waals surface area contributed by atoms with Crippen LogP contribution >= 0.6 is 0 Å². The molecule has 2 N–H and O–H groups in total. The van der Waals surface area contributed by atoms with E-state index in [0.29, 0.717) is 5.92 Å². The normalized spacial score (nSPS) is 15.5. The summed E-state index contributed by atoms with van der Waals surface area (Å²) in [7, 11) is 0. The lowest BCUT2D eigenvalue weighted by Crippen LogP contribution is -2.42. The van der Waals surface area contributed by atoms with Gasteiger partial charge in [-0.3, -0.25) is 14.5 Å². The lowest BCUT2D eigenvalue weighted by atomic mass is 10.3. The van der Waals surface area contributed by atoms with Gasteiger partial charge in [0.25, 0.3) is 0 Å². The summed E-state index contributed by atoms with van der Waals surface area (Å²) in [6.07, 6.45) is 2.31. The molecule has 5 heteroatoms. The van der Waals surface area contributed by atoms with Gasteiger partial charge in [-0.05, 0) is 32.6 Å². The van der Waals surface area contributed by atoms with E-state index in [-0.39, 0.29) is 25.0 Å². The Morgan fingerprint density at radius 2 is 2.00 bits per heavy atom. The molecule has 0 bridgehead atoms. The van der Waals surface area contributed by atoms with E-state index < -0.39 is 5.97 Å². The zero-order valence-corrected chi connectivity index (χ0v) is 9.90. The van der Waals surface area contributed by atoms with Crippen LogP contribution in [-0.4, -0.2) is 47.6 Å². The fourth-order valence-electron chi connectivity index (χ4n) is 1.61. The number of nitrogens with zero attached hydrogens (tertiary/aromatic N) is 1. The number of carbonyl (C=O) groups is 2. The van der Waals surface area contributed by atoms with Crippen molar-refractivity contribution in [2.24, 2.45) is 5.92 Å². The van der Waals surface area contributed by atoms with Crippen molar-refractivity contribution in [1.82, 2.24) is 10.2 Å². The van der Waals surface area contributed by atoms with Crippen LogP contribution in [0.2, 0.25) is 0 Å². The molecule has 0 saturated heterocycles. The Labute approximate surface area is 95.8 Å². The highest BCUT2D eigenvalue weighted by molar-refractivity contribution is 5.79. The molecule has 1 fully saturated rings. The third-order valence-corrected chi connectivity index (χ3v) is 2.39. The van der Waals surface area contributed by atoms with Crippen molar-refractivity contribution >= 4 is 11.9 Å². The summed E-state index contributed by atoms with van der Waals surface area (Å²) >= 11 is 0. The monoisotopic (exact) mass is 228 g/mol. The third-order valence-electron chi connectivity index (χ3n) is 2.39. The summed E-state index contributed by atoms with van der Waals surface area (Å²) in [5.41, 5.74) is 0. The summed E-state index contributed by atoms with van der Waals surface area (Å²) in [6.45, 7) is 4.63. The first-order valence-electron chi connectivity index (χ1n) is 5.71. The second-order valence-corrected chi connectivity index (χ2v) is 4.73. The maximum atomic E-state index is 11.5. The molecule has 0 radical (unpaired) electrons. The van der Waals surface area contributed by atoms with Crippen LogP contribution in [0, 0.1) is 5.92 Å². The highest BCUT2D eigenvalue weighted by atomic mass is 16.4. The molecule has 0 atom stereocenters. The first-order chi connectivity index (χ1) is 7.47. The number of carboxylic acids is 1. The summed E-state index contributed by atoms with van der Waals surface area (Å²) < 4.78 is 0. The lowest BCUT2D eigenvalue weighted by molar-refractivity contribution is -0.138. The van der Waals surface area contributed by atoms with Gasteiger partial charge in [0.2, 0.25) is 5.91 Å². The molecule has 0 aromatic rings. The number of carbonyl (C=O) groups excluding carboxylic acids is 1. The predicted molar refractivity (Wildman–Crippen MR) is 60.1 cm³/mol. The van der Waals surface area contributed by atoms with Crippen LogP contribution in [0.1, 0.15) is 26.7 Å². The maximum absolute atomic E-state index is 11.5. The second kappa shape index (κ2) is 5.84. The Morgan fingerprint density at radius 3 is 2.44 bits per heavy atom. The molecule has 0 aromatic carbocycles. The van der Waals surface area contributed by atoms with Crippen LogP contribution in [0.25, 0.3) is 0 Å². The SMILES string of the molecule is CC(C)NC(=O)CN(CC(=O)O)CC1CC1. The largest absolute Gasteiger partial charge is 0.480 e. The Morgan fingerprint density at radius 1 is 1.38 bits per heavy atom. The van der Waals surface area contributed by atoms with E-state index in [9.17, 15) is 9.59 Å². The van der Waals surface area contributed by atoms with Gasteiger partial charge < -0.3 is 10.4 Å². The smallest absolute Gasteiger partial charge is 0.317 e. The molecule has 1 rings (SSSR count). The Balaban J connectivity index is 2.35. The Kier molecular flexibility index (Phi) is 4.73. The molecular weight excluding hydrogens is 208 g/mol. The van der Waals surface area contributed by atoms with Crippen LogP contribution in [0.4, 0.5) is 0 Å². The van der Waals surface area contributed by atoms with Crippen LogP contribution in [0.15, 0.2) is 0 Å². The standard InChI is InChI=1S/C11H20N2O3/c1-8(2)12-10(14)6-13(7-11(15)16)5-9-3-4-9/h8-9H,3-7H2,1-2H3,(H,12,14)(H,15,16). The van der Waals surface area contributed by atoms with Crippen molar-refractivity contribution in [1.29, 1.82) is 0 Å². The van der Waals surface area contributed by atoms with Gasteiger partial charge in [0, 0.05) is 12.6 Å². The zero-order chi connectivity index (χ0) is 12.1. The number of hydrogen-bond donors (Lipinski definition) is 2. The van der Waals surface area contributed by atoms with Crippen molar-refractivity contribution in [3.8, 4) is 0 Å². The molecule has 5 nitrogen and oxygen atoms in total. The molecule has 1 aliphatic rings. The fourth-order valence-corrected chi connectivity index (χ4v) is 1.61. The first kappa shape index (κ1) is 13.0. The van der Waals surface area contributed by atoms with E-state index in [2.05, 4.69) is 5.32 Å². The minimum Gasteiger partial charge on any atom is -0.480 e. The number of nitrogens with one attached hydrogen (secondary N) is 1. The van der Waals surface area contributed by atoms with Gasteiger partial charge in [0.15, 0.2) is 0 Å². The van der Waals surface area contributed by atoms with Gasteiger partial charge >= 0.3 is 5.97 Å². The molecule has 1 aliphatic carbocycles. The molecule has 0 heterocycles. The molecule has 16 heavy (non-hydrogen) atoms. The summed E-state index contributed by atoms with van der Waals surface area (Å²) in [5.74, 6) is -0.388. The molecule has 92 valence electrons. The van der Waals surface area contributed by atoms with E-state index in [1.807, 2.05) is 13.8 Å². The lowest BCUT2D eigenvalue weighted by Gasteiger charge is -2.20. The van der Waals surface area contributed by atoms with Crippen molar-refractivity contribution in [3.63, 3.8) is 0 Å². The Bertz CT molecular complexity index is 262. The van der Waals surface area contributed by atoms with Gasteiger partial charge in [-0.1, -0.05) is 0 Å². The van der Waals surface area contributed by atoms with Crippen LogP contribution < -0.4 is 5.32 Å². The average Bonchev–Trinajstić information content (AvgIpc) is 2.84. The fraction of sp³-hybridized carbons (Fsp3) is 0.818. The Hall–Kier alpha value is -1.10. The van der Waals surface area contributed by atoms with E-state index >= 15 is 0 Å². The molecule has 1 saturated carbocycles. The first-order valence-corrected chi connectivity index (χ1v) is 5.71. The zero-order valence-electron chi connectivity index (χ0n) is 9.90. The summed E-state index contributed by atoms with van der Waals surface area (Å²) in [6, 6.07) is 0.0973. The van der Waals surface area contributed by atoms with Crippen molar-refractivity contribution in [2.45, 2.75) is 32.7 Å². The van der Waals surface area contributed by atoms with Crippen LogP contribution in [0.3, 0.4) is 0 Å². The quantitative estimate of drug-likeness (QED) is 0.658. The highest BCUT2D eigenvalue weighted by Gasteiger charge is 2.26. The number of rotatable bonds is 7. The van der Waals surface area contributed by atoms with E-state index in [1.54, 1.807) is 4.90 Å². The molecule has 0 aliphatic heterocycles. The van der Waals surface area contributed by atoms with Crippen LogP contribution in [-0.2, 0) is 9.59 Å². The molecule has 1 amide bonds. The minimum absolute atomic E-state index is 0.0536. The highest BCUT2D eigenvalue weighted by Crippen LogP contribution is 2.29. The van der Waals surface area contributed by atoms with Crippen molar-refractivity contribution < 1.29 is 14.7 Å². The van der Waals surface area contributed by atoms with Gasteiger partial charge in [0.05, 0.1) is 13.1 Å². The molecule has 0 aromatic heterocycles. The van der Waals surface area contributed by atoms with E-state index in [0.717, 1.165) is 19.4 Å². The summed E-state index contributed by atoms with van der Waals surface area (Å²) in [4.78, 5) is 23.8. The maximum Gasteiger partial charge on any atom is 0.317 e. The van der Waals surface area contributed by atoms with Gasteiger partial charge in [-0.2, -0.15) is 0 Å². The minimum atomic E-state index is -0.877. The molecular formula is C11H20N2O3. The predicted octanol–water partition coefficient (Wildman–Crippen LogP) is 0.308. The third kappa shape index (κ3) is 5.70. The second-order valence-electron chi connectivity index (χ2n) is 4.73. The van der Waals surface area contributed by atoms with E-state index in [4.69, 9.17) is 5.11 Å². The van der Waals surface area contributed by atoms with E-state index in [1.165, 1.54) is 0 Å². The summed E-state index contributed by atoms with van der Waals surface area (Å²) in [5, 5.41) is 11.5.